The lowest BCUT2D eigenvalue weighted by atomic mass is 9.87. The van der Waals surface area contributed by atoms with Gasteiger partial charge in [0.25, 0.3) is 0 Å². The minimum Gasteiger partial charge on any atom is -0.480 e. The van der Waals surface area contributed by atoms with Crippen molar-refractivity contribution in [2.75, 3.05) is 0 Å². The van der Waals surface area contributed by atoms with Gasteiger partial charge < -0.3 is 9.84 Å². The minimum absolute atomic E-state index is 0.466. The first-order chi connectivity index (χ1) is 12.5. The van der Waals surface area contributed by atoms with Gasteiger partial charge in [0.15, 0.2) is 6.10 Å². The van der Waals surface area contributed by atoms with Crippen molar-refractivity contribution in [2.24, 2.45) is 0 Å². The van der Waals surface area contributed by atoms with E-state index in [9.17, 15) is 5.11 Å². The van der Waals surface area contributed by atoms with E-state index in [1.807, 2.05) is 18.2 Å². The minimum atomic E-state index is -0.872. The molecular weight excluding hydrogens is 413 g/mol. The van der Waals surface area contributed by atoms with E-state index in [1.54, 1.807) is 36.7 Å². The lowest BCUT2D eigenvalue weighted by Crippen LogP contribution is -2.24. The highest BCUT2D eigenvalue weighted by molar-refractivity contribution is 7.20. The van der Waals surface area contributed by atoms with Crippen LogP contribution in [0.15, 0.2) is 60.4 Å². The summed E-state index contributed by atoms with van der Waals surface area (Å²) in [4.78, 5) is 4.09. The van der Waals surface area contributed by atoms with Crippen molar-refractivity contribution in [1.82, 2.24) is 4.98 Å². The third-order valence-corrected chi connectivity index (χ3v) is 5.92. The van der Waals surface area contributed by atoms with Crippen molar-refractivity contribution in [1.29, 1.82) is 0 Å². The topological polar surface area (TPSA) is 42.4 Å². The van der Waals surface area contributed by atoms with Gasteiger partial charge >= 0.3 is 0 Å². The molecule has 1 aromatic carbocycles. The van der Waals surface area contributed by atoms with Gasteiger partial charge in [0, 0.05) is 34.1 Å². The predicted molar refractivity (Wildman–Crippen MR) is 106 cm³/mol. The smallest absolute Gasteiger partial charge is 0.154 e. The number of hydrogen-bond donors (Lipinski definition) is 1. The van der Waals surface area contributed by atoms with Crippen LogP contribution in [0.2, 0.25) is 13.7 Å². The monoisotopic (exact) mass is 423 g/mol. The number of aliphatic hydroxyl groups excluding tert-OH is 1. The summed E-state index contributed by atoms with van der Waals surface area (Å²) in [5, 5.41) is 11.6. The van der Waals surface area contributed by atoms with E-state index in [0.29, 0.717) is 25.0 Å². The molecule has 1 aliphatic heterocycles. The summed E-state index contributed by atoms with van der Waals surface area (Å²) in [7, 11) is 0. The molecule has 1 N–H and O–H groups in total. The molecule has 2 unspecified atom stereocenters. The van der Waals surface area contributed by atoms with Crippen LogP contribution in [0.25, 0.3) is 5.76 Å². The fourth-order valence-corrected chi connectivity index (χ4v) is 4.53. The molecule has 132 valence electrons. The third-order valence-electron chi connectivity index (χ3n) is 4.15. The Bertz CT molecular complexity index is 970. The first-order valence-electron chi connectivity index (χ1n) is 7.74. The van der Waals surface area contributed by atoms with Gasteiger partial charge in [-0.3, -0.25) is 4.98 Å². The Kier molecular flexibility index (Phi) is 4.95. The van der Waals surface area contributed by atoms with E-state index in [2.05, 4.69) is 4.98 Å². The number of ether oxygens (including phenoxy) is 1. The van der Waals surface area contributed by atoms with Crippen molar-refractivity contribution < 1.29 is 9.84 Å². The maximum Gasteiger partial charge on any atom is 0.154 e. The number of nitrogens with zero attached hydrogens (tertiary/aromatic N) is 1. The summed E-state index contributed by atoms with van der Waals surface area (Å²) in [5.41, 5.74) is 2.98. The maximum absolute atomic E-state index is 11.0. The number of aliphatic hydroxyl groups is 1. The Labute approximate surface area is 169 Å². The molecule has 3 aromatic rings. The fourth-order valence-electron chi connectivity index (χ4n) is 2.89. The number of benzene rings is 1. The molecule has 0 amide bonds. The third kappa shape index (κ3) is 3.24. The van der Waals surface area contributed by atoms with Crippen molar-refractivity contribution in [3.8, 4) is 0 Å². The number of rotatable bonds is 4. The van der Waals surface area contributed by atoms with Gasteiger partial charge in [0.05, 0.1) is 9.91 Å². The van der Waals surface area contributed by atoms with Crippen LogP contribution < -0.4 is 0 Å². The molecule has 0 saturated carbocycles. The molecule has 2 aromatic heterocycles. The van der Waals surface area contributed by atoms with Crippen molar-refractivity contribution in [2.45, 2.75) is 12.2 Å². The van der Waals surface area contributed by atoms with Gasteiger partial charge in [-0.05, 0) is 36.4 Å². The van der Waals surface area contributed by atoms with Crippen molar-refractivity contribution in [3.05, 3.63) is 90.8 Å². The molecule has 3 heterocycles. The number of pyridine rings is 1. The Morgan fingerprint density at radius 1 is 1.12 bits per heavy atom. The van der Waals surface area contributed by atoms with E-state index in [-0.39, 0.29) is 0 Å². The second kappa shape index (κ2) is 7.22. The molecule has 26 heavy (non-hydrogen) atoms. The average molecular weight is 425 g/mol. The predicted octanol–water partition coefficient (Wildman–Crippen LogP) is 6.32. The molecular formula is C19H12Cl3NO2S. The molecule has 2 atom stereocenters. The van der Waals surface area contributed by atoms with Crippen LogP contribution in [-0.4, -0.2) is 10.1 Å². The SMILES string of the molecule is OC(C1=C(c2ccc(Cl)cc2)OC1c1cc(Cl)sc1Cl)c1cccnc1. The molecule has 0 aliphatic carbocycles. The van der Waals surface area contributed by atoms with Gasteiger partial charge in [-0.2, -0.15) is 0 Å². The molecule has 3 nitrogen and oxygen atoms in total. The van der Waals surface area contributed by atoms with Crippen LogP contribution in [0.5, 0.6) is 0 Å². The first-order valence-corrected chi connectivity index (χ1v) is 9.69. The molecule has 0 radical (unpaired) electrons. The fraction of sp³-hybridized carbons (Fsp3) is 0.105. The highest BCUT2D eigenvalue weighted by Gasteiger charge is 2.40. The summed E-state index contributed by atoms with van der Waals surface area (Å²) in [6, 6.07) is 12.6. The van der Waals surface area contributed by atoms with Gasteiger partial charge in [0.2, 0.25) is 0 Å². The summed E-state index contributed by atoms with van der Waals surface area (Å²) in [6.07, 6.45) is 1.96. The number of hydrogen-bond acceptors (Lipinski definition) is 4. The molecule has 4 rings (SSSR count). The zero-order chi connectivity index (χ0) is 18.3. The number of halogens is 3. The van der Waals surface area contributed by atoms with Gasteiger partial charge in [0.1, 0.15) is 16.2 Å². The summed E-state index contributed by atoms with van der Waals surface area (Å²) in [5.74, 6) is 0.612. The Hall–Kier alpha value is -1.56. The first kappa shape index (κ1) is 17.8. The Morgan fingerprint density at radius 2 is 1.88 bits per heavy atom. The molecule has 7 heteroatoms. The van der Waals surface area contributed by atoms with Crippen LogP contribution in [-0.2, 0) is 4.74 Å². The van der Waals surface area contributed by atoms with E-state index in [4.69, 9.17) is 39.5 Å². The quantitative estimate of drug-likeness (QED) is 0.533. The van der Waals surface area contributed by atoms with E-state index in [1.165, 1.54) is 11.3 Å². The van der Waals surface area contributed by atoms with Gasteiger partial charge in [-0.25, -0.2) is 0 Å². The van der Waals surface area contributed by atoms with Crippen LogP contribution in [0.3, 0.4) is 0 Å². The molecule has 0 saturated heterocycles. The average Bonchev–Trinajstić information content (AvgIpc) is 2.94. The lowest BCUT2D eigenvalue weighted by Gasteiger charge is -2.37. The van der Waals surface area contributed by atoms with E-state index in [0.717, 1.165) is 16.7 Å². The Balaban J connectivity index is 1.80. The highest BCUT2D eigenvalue weighted by Crippen LogP contribution is 2.53. The Morgan fingerprint density at radius 3 is 2.50 bits per heavy atom. The molecule has 0 bridgehead atoms. The number of aromatic nitrogens is 1. The summed E-state index contributed by atoms with van der Waals surface area (Å²) < 4.78 is 7.14. The van der Waals surface area contributed by atoms with Crippen molar-refractivity contribution in [3.63, 3.8) is 0 Å². The largest absolute Gasteiger partial charge is 0.480 e. The highest BCUT2D eigenvalue weighted by atomic mass is 35.5. The number of thiophene rings is 1. The maximum atomic E-state index is 11.0. The summed E-state index contributed by atoms with van der Waals surface area (Å²) in [6.45, 7) is 0. The van der Waals surface area contributed by atoms with Crippen LogP contribution in [0.1, 0.15) is 28.9 Å². The second-order valence-electron chi connectivity index (χ2n) is 5.76. The van der Waals surface area contributed by atoms with Crippen LogP contribution in [0.4, 0.5) is 0 Å². The van der Waals surface area contributed by atoms with Crippen LogP contribution >= 0.6 is 46.1 Å². The molecule has 1 aliphatic rings. The van der Waals surface area contributed by atoms with Gasteiger partial charge in [-0.1, -0.05) is 40.9 Å². The van der Waals surface area contributed by atoms with Crippen LogP contribution in [0, 0.1) is 0 Å². The lowest BCUT2D eigenvalue weighted by molar-refractivity contribution is 0.0942. The van der Waals surface area contributed by atoms with Crippen molar-refractivity contribution >= 4 is 51.9 Å². The van der Waals surface area contributed by atoms with Gasteiger partial charge in [-0.15, -0.1) is 11.3 Å². The van der Waals surface area contributed by atoms with E-state index < -0.39 is 12.2 Å². The molecule has 0 fully saturated rings. The zero-order valence-electron chi connectivity index (χ0n) is 13.2. The zero-order valence-corrected chi connectivity index (χ0v) is 16.3. The van der Waals surface area contributed by atoms with E-state index >= 15 is 0 Å². The molecule has 0 spiro atoms. The standard InChI is InChI=1S/C19H12Cl3NO2S/c20-12-5-3-10(4-6-12)17-15(16(24)11-2-1-7-23-9-11)18(25-17)13-8-14(21)26-19(13)22/h1-9,16,18,24H. The normalized spacial score (nSPS) is 17.6. The summed E-state index contributed by atoms with van der Waals surface area (Å²) >= 11 is 19.6. The second-order valence-corrected chi connectivity index (χ2v) is 8.48.